The van der Waals surface area contributed by atoms with Crippen LogP contribution in [-0.4, -0.2) is 25.0 Å². The van der Waals surface area contributed by atoms with E-state index in [1.807, 2.05) is 13.8 Å². The number of carbonyl (C=O) groups excluding carboxylic acids is 1. The molecule has 0 aromatic carbocycles. The molecule has 13 heavy (non-hydrogen) atoms. The van der Waals surface area contributed by atoms with Gasteiger partial charge in [-0.1, -0.05) is 6.92 Å². The Hall–Kier alpha value is -0.410. The number of ketones is 1. The molecule has 0 aliphatic heterocycles. The lowest BCUT2D eigenvalue weighted by atomic mass is 10.0. The minimum Gasteiger partial charge on any atom is -0.371 e. The van der Waals surface area contributed by atoms with Gasteiger partial charge in [-0.25, -0.2) is 0 Å². The van der Waals surface area contributed by atoms with Crippen LogP contribution in [0.5, 0.6) is 0 Å². The van der Waals surface area contributed by atoms with Crippen LogP contribution >= 0.6 is 0 Å². The van der Waals surface area contributed by atoms with Crippen molar-refractivity contribution in [2.45, 2.75) is 39.7 Å². The van der Waals surface area contributed by atoms with E-state index in [9.17, 15) is 4.79 Å². The Morgan fingerprint density at radius 2 is 2.00 bits per heavy atom. The van der Waals surface area contributed by atoms with Gasteiger partial charge in [0.15, 0.2) is 5.78 Å². The minimum absolute atomic E-state index is 0.135. The third kappa shape index (κ3) is 7.94. The summed E-state index contributed by atoms with van der Waals surface area (Å²) in [7, 11) is 0. The van der Waals surface area contributed by atoms with E-state index in [2.05, 4.69) is 6.92 Å². The summed E-state index contributed by atoms with van der Waals surface area (Å²) in [5, 5.41) is 0. The molecule has 3 heteroatoms. The minimum atomic E-state index is 0.135. The monoisotopic (exact) mass is 187 g/mol. The molecule has 0 saturated heterocycles. The van der Waals surface area contributed by atoms with E-state index >= 15 is 0 Å². The number of rotatable bonds is 7. The van der Waals surface area contributed by atoms with E-state index < -0.39 is 0 Å². The standard InChI is InChI=1S/C10H21NO2/c1-8(2)13-7-10(12)5-4-9(3)6-11/h8-9H,4-7,11H2,1-3H3. The largest absolute Gasteiger partial charge is 0.371 e. The van der Waals surface area contributed by atoms with Crippen LogP contribution in [0.2, 0.25) is 0 Å². The Kier molecular flexibility index (Phi) is 6.82. The van der Waals surface area contributed by atoms with Crippen LogP contribution in [0.25, 0.3) is 0 Å². The van der Waals surface area contributed by atoms with Gasteiger partial charge in [-0.15, -0.1) is 0 Å². The van der Waals surface area contributed by atoms with Crippen LogP contribution in [0.15, 0.2) is 0 Å². The zero-order valence-corrected chi connectivity index (χ0v) is 8.88. The van der Waals surface area contributed by atoms with Crippen LogP contribution < -0.4 is 5.73 Å². The molecule has 0 saturated carbocycles. The number of hydrogen-bond acceptors (Lipinski definition) is 3. The van der Waals surface area contributed by atoms with Gasteiger partial charge in [0.05, 0.1) is 6.10 Å². The predicted octanol–water partition coefficient (Wildman–Crippen LogP) is 1.36. The molecule has 3 nitrogen and oxygen atoms in total. The summed E-state index contributed by atoms with van der Waals surface area (Å²) in [6.07, 6.45) is 1.60. The van der Waals surface area contributed by atoms with Gasteiger partial charge in [0.25, 0.3) is 0 Å². The highest BCUT2D eigenvalue weighted by Crippen LogP contribution is 2.04. The van der Waals surface area contributed by atoms with Crippen molar-refractivity contribution in [3.8, 4) is 0 Å². The van der Waals surface area contributed by atoms with Crippen LogP contribution in [-0.2, 0) is 9.53 Å². The van der Waals surface area contributed by atoms with E-state index in [0.717, 1.165) is 6.42 Å². The van der Waals surface area contributed by atoms with Gasteiger partial charge >= 0.3 is 0 Å². The molecule has 0 fully saturated rings. The maximum atomic E-state index is 11.2. The lowest BCUT2D eigenvalue weighted by molar-refractivity contribution is -0.125. The number of carbonyl (C=O) groups is 1. The van der Waals surface area contributed by atoms with E-state index in [0.29, 0.717) is 18.9 Å². The van der Waals surface area contributed by atoms with Crippen molar-refractivity contribution in [2.75, 3.05) is 13.2 Å². The second kappa shape index (κ2) is 7.04. The molecule has 78 valence electrons. The molecule has 0 aliphatic rings. The van der Waals surface area contributed by atoms with Gasteiger partial charge in [0.1, 0.15) is 6.61 Å². The Bertz CT molecular complexity index is 146. The van der Waals surface area contributed by atoms with Crippen LogP contribution in [0.1, 0.15) is 33.6 Å². The van der Waals surface area contributed by atoms with Crippen LogP contribution in [0, 0.1) is 5.92 Å². The molecular formula is C10H21NO2. The smallest absolute Gasteiger partial charge is 0.158 e. The lowest BCUT2D eigenvalue weighted by Gasteiger charge is -2.08. The Morgan fingerprint density at radius 1 is 1.38 bits per heavy atom. The summed E-state index contributed by atoms with van der Waals surface area (Å²) >= 11 is 0. The first kappa shape index (κ1) is 12.6. The highest BCUT2D eigenvalue weighted by atomic mass is 16.5. The van der Waals surface area contributed by atoms with Gasteiger partial charge in [-0.05, 0) is 32.7 Å². The molecular weight excluding hydrogens is 166 g/mol. The fourth-order valence-electron chi connectivity index (χ4n) is 0.857. The number of ether oxygens (including phenoxy) is 1. The maximum Gasteiger partial charge on any atom is 0.158 e. The van der Waals surface area contributed by atoms with Gasteiger partial charge in [0, 0.05) is 6.42 Å². The summed E-state index contributed by atoms with van der Waals surface area (Å²) in [5.41, 5.74) is 5.44. The molecule has 1 unspecified atom stereocenters. The average Bonchev–Trinajstić information content (AvgIpc) is 2.10. The van der Waals surface area contributed by atoms with Crippen molar-refractivity contribution in [3.63, 3.8) is 0 Å². The molecule has 2 N–H and O–H groups in total. The van der Waals surface area contributed by atoms with E-state index in [-0.39, 0.29) is 18.5 Å². The van der Waals surface area contributed by atoms with E-state index in [1.54, 1.807) is 0 Å². The first-order chi connectivity index (χ1) is 6.06. The zero-order valence-electron chi connectivity index (χ0n) is 8.88. The molecule has 0 aromatic heterocycles. The lowest BCUT2D eigenvalue weighted by Crippen LogP contribution is -2.16. The highest BCUT2D eigenvalue weighted by Gasteiger charge is 2.06. The van der Waals surface area contributed by atoms with Gasteiger partial charge in [-0.3, -0.25) is 4.79 Å². The molecule has 0 amide bonds. The van der Waals surface area contributed by atoms with Crippen molar-refractivity contribution >= 4 is 5.78 Å². The SMILES string of the molecule is CC(CN)CCC(=O)COC(C)C. The topological polar surface area (TPSA) is 52.3 Å². The maximum absolute atomic E-state index is 11.2. The van der Waals surface area contributed by atoms with Gasteiger partial charge in [0.2, 0.25) is 0 Å². The number of hydrogen-bond donors (Lipinski definition) is 1. The van der Waals surface area contributed by atoms with Crippen LogP contribution in [0.4, 0.5) is 0 Å². The summed E-state index contributed by atoms with van der Waals surface area (Å²) in [4.78, 5) is 11.2. The van der Waals surface area contributed by atoms with Crippen LogP contribution in [0.3, 0.4) is 0 Å². The molecule has 0 aromatic rings. The van der Waals surface area contributed by atoms with Crippen molar-refractivity contribution in [2.24, 2.45) is 11.7 Å². The number of Topliss-reactive ketones (excluding diaryl/α,β-unsaturated/α-hetero) is 1. The predicted molar refractivity (Wildman–Crippen MR) is 53.5 cm³/mol. The summed E-state index contributed by atoms with van der Waals surface area (Å²) in [6.45, 7) is 6.80. The summed E-state index contributed by atoms with van der Waals surface area (Å²) in [6, 6.07) is 0. The molecule has 0 aliphatic carbocycles. The molecule has 1 atom stereocenters. The fraction of sp³-hybridized carbons (Fsp3) is 0.900. The molecule has 0 rings (SSSR count). The van der Waals surface area contributed by atoms with Crippen molar-refractivity contribution in [1.82, 2.24) is 0 Å². The summed E-state index contributed by atoms with van der Waals surface area (Å²) < 4.78 is 5.19. The third-order valence-electron chi connectivity index (χ3n) is 1.90. The Morgan fingerprint density at radius 3 is 2.46 bits per heavy atom. The van der Waals surface area contributed by atoms with E-state index in [1.165, 1.54) is 0 Å². The van der Waals surface area contributed by atoms with Crippen molar-refractivity contribution in [3.05, 3.63) is 0 Å². The quantitative estimate of drug-likeness (QED) is 0.654. The Balaban J connectivity index is 3.40. The number of nitrogens with two attached hydrogens (primary N) is 1. The third-order valence-corrected chi connectivity index (χ3v) is 1.90. The van der Waals surface area contributed by atoms with Gasteiger partial charge < -0.3 is 10.5 Å². The second-order valence-corrected chi connectivity index (χ2v) is 3.78. The average molecular weight is 187 g/mol. The normalized spacial score (nSPS) is 13.3. The molecule has 0 heterocycles. The summed E-state index contributed by atoms with van der Waals surface area (Å²) in [5.74, 6) is 0.608. The Labute approximate surface area is 80.6 Å². The van der Waals surface area contributed by atoms with Crippen molar-refractivity contribution < 1.29 is 9.53 Å². The second-order valence-electron chi connectivity index (χ2n) is 3.78. The first-order valence-corrected chi connectivity index (χ1v) is 4.89. The highest BCUT2D eigenvalue weighted by molar-refractivity contribution is 5.79. The molecule has 0 bridgehead atoms. The van der Waals surface area contributed by atoms with E-state index in [4.69, 9.17) is 10.5 Å². The first-order valence-electron chi connectivity index (χ1n) is 4.89. The zero-order chi connectivity index (χ0) is 10.3. The molecule has 0 spiro atoms. The van der Waals surface area contributed by atoms with Gasteiger partial charge in [-0.2, -0.15) is 0 Å². The fourth-order valence-corrected chi connectivity index (χ4v) is 0.857. The molecule has 0 radical (unpaired) electrons. The van der Waals surface area contributed by atoms with Crippen molar-refractivity contribution in [1.29, 1.82) is 0 Å².